The molecule has 7 heteroatoms. The fourth-order valence-corrected chi connectivity index (χ4v) is 1.86. The summed E-state index contributed by atoms with van der Waals surface area (Å²) in [5.41, 5.74) is -0.292. The molecule has 1 saturated heterocycles. The molecule has 1 fully saturated rings. The second kappa shape index (κ2) is 5.41. The number of hydrogen-bond acceptors (Lipinski definition) is 3. The molecule has 0 saturated carbocycles. The van der Waals surface area contributed by atoms with E-state index in [0.717, 1.165) is 0 Å². The van der Waals surface area contributed by atoms with Gasteiger partial charge >= 0.3 is 0 Å². The van der Waals surface area contributed by atoms with Gasteiger partial charge in [0.25, 0.3) is 5.91 Å². The van der Waals surface area contributed by atoms with Crippen molar-refractivity contribution < 1.29 is 27.4 Å². The molecule has 20 heavy (non-hydrogen) atoms. The van der Waals surface area contributed by atoms with E-state index in [4.69, 9.17) is 9.47 Å². The highest BCUT2D eigenvalue weighted by Crippen LogP contribution is 2.21. The Morgan fingerprint density at radius 1 is 1.35 bits per heavy atom. The Kier molecular flexibility index (Phi) is 4.01. The Balaban J connectivity index is 1.96. The summed E-state index contributed by atoms with van der Waals surface area (Å²) in [6.07, 6.45) is -0.343. The van der Waals surface area contributed by atoms with E-state index in [0.29, 0.717) is 18.7 Å². The quantitative estimate of drug-likeness (QED) is 0.866. The van der Waals surface area contributed by atoms with Crippen LogP contribution in [0.2, 0.25) is 0 Å². The van der Waals surface area contributed by atoms with Crippen LogP contribution in [0.15, 0.2) is 12.1 Å². The van der Waals surface area contributed by atoms with Gasteiger partial charge in [0.15, 0.2) is 23.2 Å². The molecule has 2 rings (SSSR count). The van der Waals surface area contributed by atoms with E-state index in [1.54, 1.807) is 13.8 Å². The number of carbonyl (C=O) groups is 1. The largest absolute Gasteiger partial charge is 0.349 e. The van der Waals surface area contributed by atoms with Crippen LogP contribution in [0.5, 0.6) is 0 Å². The van der Waals surface area contributed by atoms with Crippen molar-refractivity contribution in [3.63, 3.8) is 0 Å². The summed E-state index contributed by atoms with van der Waals surface area (Å²) in [5.74, 6) is -5.84. The van der Waals surface area contributed by atoms with Gasteiger partial charge in [-0.25, -0.2) is 13.2 Å². The predicted molar refractivity (Wildman–Crippen MR) is 63.6 cm³/mol. The molecule has 1 aliphatic rings. The highest BCUT2D eigenvalue weighted by molar-refractivity contribution is 5.94. The molecular weight excluding hydrogens is 275 g/mol. The molecule has 1 N–H and O–H groups in total. The molecule has 1 atom stereocenters. The number of hydrogen-bond donors (Lipinski definition) is 1. The van der Waals surface area contributed by atoms with E-state index >= 15 is 0 Å². The van der Waals surface area contributed by atoms with Crippen LogP contribution in [0.1, 0.15) is 24.2 Å². The van der Waals surface area contributed by atoms with Crippen molar-refractivity contribution in [2.75, 3.05) is 13.2 Å². The minimum absolute atomic E-state index is 0.128. The molecule has 4 nitrogen and oxygen atoms in total. The van der Waals surface area contributed by atoms with Crippen LogP contribution in [-0.4, -0.2) is 30.9 Å². The Morgan fingerprint density at radius 3 is 2.45 bits per heavy atom. The van der Waals surface area contributed by atoms with Gasteiger partial charge < -0.3 is 14.8 Å². The lowest BCUT2D eigenvalue weighted by atomic mass is 10.2. The lowest BCUT2D eigenvalue weighted by molar-refractivity contribution is -0.137. The average Bonchev–Trinajstić information content (AvgIpc) is 2.72. The van der Waals surface area contributed by atoms with E-state index in [1.807, 2.05) is 0 Å². The third-order valence-electron chi connectivity index (χ3n) is 2.80. The maximum Gasteiger partial charge on any atom is 0.251 e. The molecule has 0 radical (unpaired) electrons. The number of amides is 1. The molecule has 0 spiro atoms. The number of ether oxygens (including phenoxy) is 2. The summed E-state index contributed by atoms with van der Waals surface area (Å²) in [6, 6.07) is 1.29. The zero-order valence-electron chi connectivity index (χ0n) is 11.0. The van der Waals surface area contributed by atoms with Gasteiger partial charge in [-0.05, 0) is 26.0 Å². The Labute approximate surface area is 113 Å². The first-order valence-electron chi connectivity index (χ1n) is 6.03. The van der Waals surface area contributed by atoms with Crippen molar-refractivity contribution in [1.82, 2.24) is 5.32 Å². The number of nitrogens with one attached hydrogen (secondary N) is 1. The fraction of sp³-hybridized carbons (Fsp3) is 0.462. The van der Waals surface area contributed by atoms with E-state index in [-0.39, 0.29) is 18.2 Å². The monoisotopic (exact) mass is 289 g/mol. The van der Waals surface area contributed by atoms with Gasteiger partial charge in [-0.1, -0.05) is 0 Å². The molecule has 1 aromatic rings. The van der Waals surface area contributed by atoms with Crippen LogP contribution in [0.4, 0.5) is 13.2 Å². The SMILES string of the molecule is CC1(C)OCC(CNC(=O)c2cc(F)c(F)c(F)c2)O1. The van der Waals surface area contributed by atoms with Crippen LogP contribution in [-0.2, 0) is 9.47 Å². The average molecular weight is 289 g/mol. The predicted octanol–water partition coefficient (Wildman–Crippen LogP) is 1.99. The molecule has 1 amide bonds. The first-order valence-corrected chi connectivity index (χ1v) is 6.03. The summed E-state index contributed by atoms with van der Waals surface area (Å²) in [4.78, 5) is 11.7. The second-order valence-electron chi connectivity index (χ2n) is 4.91. The molecule has 110 valence electrons. The Morgan fingerprint density at radius 2 is 1.95 bits per heavy atom. The molecule has 1 heterocycles. The zero-order valence-corrected chi connectivity index (χ0v) is 11.0. The summed E-state index contributed by atoms with van der Waals surface area (Å²) in [6.45, 7) is 3.90. The Bertz CT molecular complexity index is 511. The van der Waals surface area contributed by atoms with Gasteiger partial charge in [-0.15, -0.1) is 0 Å². The van der Waals surface area contributed by atoms with Gasteiger partial charge in [-0.3, -0.25) is 4.79 Å². The van der Waals surface area contributed by atoms with Gasteiger partial charge in [0, 0.05) is 12.1 Å². The van der Waals surface area contributed by atoms with Crippen LogP contribution in [0, 0.1) is 17.5 Å². The van der Waals surface area contributed by atoms with Crippen LogP contribution < -0.4 is 5.32 Å². The molecule has 0 aliphatic carbocycles. The Hall–Kier alpha value is -1.60. The van der Waals surface area contributed by atoms with Crippen molar-refractivity contribution in [3.8, 4) is 0 Å². The molecule has 0 aromatic heterocycles. The lowest BCUT2D eigenvalue weighted by Gasteiger charge is -2.17. The van der Waals surface area contributed by atoms with Gasteiger partial charge in [0.1, 0.15) is 6.10 Å². The lowest BCUT2D eigenvalue weighted by Crippen LogP contribution is -2.34. The minimum Gasteiger partial charge on any atom is -0.349 e. The normalized spacial score (nSPS) is 20.9. The van der Waals surface area contributed by atoms with E-state index in [9.17, 15) is 18.0 Å². The summed E-state index contributed by atoms with van der Waals surface area (Å²) < 4.78 is 49.5. The van der Waals surface area contributed by atoms with Crippen molar-refractivity contribution in [1.29, 1.82) is 0 Å². The third kappa shape index (κ3) is 3.29. The number of rotatable bonds is 3. The standard InChI is InChI=1S/C13H14F3NO3/c1-13(2)19-6-8(20-13)5-17-12(18)7-3-9(14)11(16)10(15)4-7/h3-4,8H,5-6H2,1-2H3,(H,17,18). The maximum absolute atomic E-state index is 13.0. The van der Waals surface area contributed by atoms with Crippen LogP contribution in [0.25, 0.3) is 0 Å². The first kappa shape index (κ1) is 14.8. The molecule has 1 unspecified atom stereocenters. The number of carbonyl (C=O) groups excluding carboxylic acids is 1. The van der Waals surface area contributed by atoms with E-state index in [1.165, 1.54) is 0 Å². The van der Waals surface area contributed by atoms with Crippen molar-refractivity contribution in [2.45, 2.75) is 25.7 Å². The molecular formula is C13H14F3NO3. The van der Waals surface area contributed by atoms with Crippen molar-refractivity contribution in [2.24, 2.45) is 0 Å². The summed E-state index contributed by atoms with van der Waals surface area (Å²) in [5, 5.41) is 2.45. The minimum atomic E-state index is -1.60. The van der Waals surface area contributed by atoms with Crippen LogP contribution >= 0.6 is 0 Å². The summed E-state index contributed by atoms with van der Waals surface area (Å²) in [7, 11) is 0. The highest BCUT2D eigenvalue weighted by Gasteiger charge is 2.32. The van der Waals surface area contributed by atoms with Crippen molar-refractivity contribution >= 4 is 5.91 Å². The van der Waals surface area contributed by atoms with E-state index < -0.39 is 29.1 Å². The van der Waals surface area contributed by atoms with Crippen molar-refractivity contribution in [3.05, 3.63) is 35.1 Å². The van der Waals surface area contributed by atoms with E-state index in [2.05, 4.69) is 5.32 Å². The van der Waals surface area contributed by atoms with Crippen LogP contribution in [0.3, 0.4) is 0 Å². The van der Waals surface area contributed by atoms with Gasteiger partial charge in [0.05, 0.1) is 6.61 Å². The molecule has 1 aromatic carbocycles. The summed E-state index contributed by atoms with van der Waals surface area (Å²) >= 11 is 0. The van der Waals surface area contributed by atoms with Gasteiger partial charge in [0.2, 0.25) is 0 Å². The second-order valence-corrected chi connectivity index (χ2v) is 4.91. The number of benzene rings is 1. The molecule has 1 aliphatic heterocycles. The number of halogens is 3. The smallest absolute Gasteiger partial charge is 0.251 e. The first-order chi connectivity index (χ1) is 9.28. The molecule has 0 bridgehead atoms. The fourth-order valence-electron chi connectivity index (χ4n) is 1.86. The topological polar surface area (TPSA) is 47.6 Å². The third-order valence-corrected chi connectivity index (χ3v) is 2.80. The highest BCUT2D eigenvalue weighted by atomic mass is 19.2. The van der Waals surface area contributed by atoms with Gasteiger partial charge in [-0.2, -0.15) is 0 Å². The zero-order chi connectivity index (χ0) is 14.9. The maximum atomic E-state index is 13.0.